The average molecular weight is 584 g/mol. The Balaban J connectivity index is 1.78. The maximum absolute atomic E-state index is 11.0. The van der Waals surface area contributed by atoms with E-state index in [0.29, 0.717) is 0 Å². The zero-order valence-corrected chi connectivity index (χ0v) is 20.3. The molecule has 0 radical (unpaired) electrons. The largest absolute Gasteiger partial charge is 0.469 e. The van der Waals surface area contributed by atoms with Gasteiger partial charge in [0, 0.05) is 0 Å². The Morgan fingerprint density at radius 2 is 1.05 bits per heavy atom. The van der Waals surface area contributed by atoms with E-state index in [2.05, 4.69) is 4.52 Å². The number of aliphatic hydroxyl groups is 10. The van der Waals surface area contributed by atoms with E-state index in [-0.39, 0.29) is 0 Å². The van der Waals surface area contributed by atoms with Crippen LogP contribution in [0, 0.1) is 0 Å². The van der Waals surface area contributed by atoms with E-state index in [1.54, 1.807) is 0 Å². The summed E-state index contributed by atoms with van der Waals surface area (Å²) in [6.45, 7) is -2.64. The summed E-state index contributed by atoms with van der Waals surface area (Å²) >= 11 is 0. The number of phosphoric ester groups is 1. The Labute approximate surface area is 214 Å². The van der Waals surface area contributed by atoms with E-state index in [0.717, 1.165) is 0 Å². The Morgan fingerprint density at radius 3 is 1.58 bits per heavy atom. The highest BCUT2D eigenvalue weighted by atomic mass is 31.2. The molecule has 3 aliphatic heterocycles. The number of ether oxygens (including phenoxy) is 5. The molecule has 3 fully saturated rings. The Bertz CT molecular complexity index is 800. The molecule has 38 heavy (non-hydrogen) atoms. The van der Waals surface area contributed by atoms with E-state index in [9.17, 15) is 55.6 Å². The quantitative estimate of drug-likeness (QED) is 0.112. The fourth-order valence-electron chi connectivity index (χ4n) is 4.20. The fourth-order valence-corrected chi connectivity index (χ4v) is 4.54. The van der Waals surface area contributed by atoms with E-state index >= 15 is 0 Å². The molecule has 0 aromatic rings. The monoisotopic (exact) mass is 584 g/mol. The van der Waals surface area contributed by atoms with Gasteiger partial charge in [0.25, 0.3) is 0 Å². The molecule has 0 unspecified atom stereocenters. The van der Waals surface area contributed by atoms with Crippen LogP contribution in [-0.4, -0.2) is 173 Å². The molecule has 3 saturated heterocycles. The van der Waals surface area contributed by atoms with E-state index in [4.69, 9.17) is 33.5 Å². The first-order chi connectivity index (χ1) is 17.7. The van der Waals surface area contributed by atoms with Gasteiger partial charge in [-0.1, -0.05) is 0 Å². The van der Waals surface area contributed by atoms with Gasteiger partial charge in [-0.2, -0.15) is 0 Å². The van der Waals surface area contributed by atoms with E-state index in [1.165, 1.54) is 0 Å². The lowest BCUT2D eigenvalue weighted by Crippen LogP contribution is -2.66. The van der Waals surface area contributed by atoms with Crippen LogP contribution in [0.3, 0.4) is 0 Å². The first kappa shape index (κ1) is 32.0. The molecule has 0 amide bonds. The average Bonchev–Trinajstić information content (AvgIpc) is 2.86. The maximum Gasteiger partial charge on any atom is 0.469 e. The van der Waals surface area contributed by atoms with Crippen molar-refractivity contribution in [2.45, 2.75) is 92.1 Å². The van der Waals surface area contributed by atoms with Gasteiger partial charge in [0.1, 0.15) is 73.2 Å². The highest BCUT2D eigenvalue weighted by molar-refractivity contribution is 7.46. The van der Waals surface area contributed by atoms with Crippen LogP contribution in [0.15, 0.2) is 0 Å². The highest BCUT2D eigenvalue weighted by Gasteiger charge is 2.53. The molecule has 3 aliphatic rings. The first-order valence-electron chi connectivity index (χ1n) is 11.3. The van der Waals surface area contributed by atoms with Crippen LogP contribution in [0.25, 0.3) is 0 Å². The van der Waals surface area contributed by atoms with E-state index < -0.39 is 120 Å². The third kappa shape index (κ3) is 7.04. The Morgan fingerprint density at radius 1 is 0.579 bits per heavy atom. The summed E-state index contributed by atoms with van der Waals surface area (Å²) in [4.78, 5) is 17.7. The number of hydrogen-bond acceptors (Lipinski definition) is 17. The second kappa shape index (κ2) is 13.0. The molecule has 0 aromatic carbocycles. The van der Waals surface area contributed by atoms with Crippen molar-refractivity contribution in [3.8, 4) is 0 Å². The van der Waals surface area contributed by atoms with Crippen LogP contribution in [0.4, 0.5) is 0 Å². The number of aliphatic hydroxyl groups excluding tert-OH is 10. The molecule has 0 aliphatic carbocycles. The SMILES string of the molecule is O=P(O)(O)OC[C@H]1O[C@H](O[C@@H]2[C@H](O)[C@@H](O[C@@H]3[C@H](O)[C@@H](O)O[C@H](CO)[C@H]3O)O[C@H](CO)[C@H]2O)[C@@H](O)[C@@H](O)[C@@H]1O. The van der Waals surface area contributed by atoms with Crippen LogP contribution in [0.2, 0.25) is 0 Å². The van der Waals surface area contributed by atoms with Crippen molar-refractivity contribution >= 4 is 7.82 Å². The van der Waals surface area contributed by atoms with Crippen molar-refractivity contribution in [2.24, 2.45) is 0 Å². The van der Waals surface area contributed by atoms with Gasteiger partial charge in [0.05, 0.1) is 19.8 Å². The van der Waals surface area contributed by atoms with Gasteiger partial charge < -0.3 is 84.5 Å². The van der Waals surface area contributed by atoms with Gasteiger partial charge in [0.15, 0.2) is 18.9 Å². The minimum atomic E-state index is -5.03. The summed E-state index contributed by atoms with van der Waals surface area (Å²) < 4.78 is 41.4. The first-order valence-corrected chi connectivity index (χ1v) is 12.9. The minimum Gasteiger partial charge on any atom is -0.394 e. The molecule has 3 heterocycles. The molecule has 224 valence electrons. The van der Waals surface area contributed by atoms with Crippen molar-refractivity contribution in [3.63, 3.8) is 0 Å². The topological polar surface area (TPSA) is 315 Å². The van der Waals surface area contributed by atoms with Crippen LogP contribution >= 0.6 is 7.82 Å². The van der Waals surface area contributed by atoms with Crippen LogP contribution < -0.4 is 0 Å². The van der Waals surface area contributed by atoms with Gasteiger partial charge in [-0.05, 0) is 0 Å². The summed E-state index contributed by atoms with van der Waals surface area (Å²) in [5, 5.41) is 101. The van der Waals surface area contributed by atoms with Crippen molar-refractivity contribution in [2.75, 3.05) is 19.8 Å². The lowest BCUT2D eigenvalue weighted by Gasteiger charge is -2.47. The maximum atomic E-state index is 11.0. The van der Waals surface area contributed by atoms with Gasteiger partial charge in [0.2, 0.25) is 0 Å². The van der Waals surface area contributed by atoms with Crippen LogP contribution in [0.5, 0.6) is 0 Å². The highest BCUT2D eigenvalue weighted by Crippen LogP contribution is 2.37. The summed E-state index contributed by atoms with van der Waals surface area (Å²) in [6, 6.07) is 0. The molecule has 20 heteroatoms. The Hall–Kier alpha value is -0.490. The van der Waals surface area contributed by atoms with Crippen molar-refractivity contribution in [1.29, 1.82) is 0 Å². The summed E-state index contributed by atoms with van der Waals surface area (Å²) in [7, 11) is -5.03. The molecule has 12 N–H and O–H groups in total. The third-order valence-electron chi connectivity index (χ3n) is 6.32. The summed E-state index contributed by atoms with van der Waals surface area (Å²) in [6.07, 6.45) is -27.4. The van der Waals surface area contributed by atoms with E-state index in [1.807, 2.05) is 0 Å². The second-order valence-corrected chi connectivity index (χ2v) is 10.2. The number of phosphoric acid groups is 1. The molecule has 0 bridgehead atoms. The van der Waals surface area contributed by atoms with Crippen LogP contribution in [0.1, 0.15) is 0 Å². The molecule has 0 saturated carbocycles. The molecule has 0 aromatic heterocycles. The lowest BCUT2D eigenvalue weighted by atomic mass is 9.96. The zero-order chi connectivity index (χ0) is 28.5. The standard InChI is InChI=1S/C18H33O19P/c19-1-4-8(22)14(12(26)16(28)33-4)36-18-13(27)15(9(23)5(2-20)34-18)37-17-11(25)10(24)7(21)6(35-17)3-32-38(29,30)31/h4-28H,1-3H2,(H2,29,30,31)/t4-,5-,6-,7-,8-,9-,10+,11+,12+,13+,14+,15+,16+,17-,18-/m1/s1. The molecular formula is C18H33O19P. The smallest absolute Gasteiger partial charge is 0.394 e. The number of rotatable bonds is 9. The molecule has 0 spiro atoms. The fraction of sp³-hybridized carbons (Fsp3) is 1.00. The lowest BCUT2D eigenvalue weighted by molar-refractivity contribution is -0.379. The normalized spacial score (nSPS) is 48.7. The van der Waals surface area contributed by atoms with Crippen molar-refractivity contribution in [3.05, 3.63) is 0 Å². The van der Waals surface area contributed by atoms with Gasteiger partial charge in [-0.15, -0.1) is 0 Å². The molecule has 15 atom stereocenters. The minimum absolute atomic E-state index is 0.791. The van der Waals surface area contributed by atoms with Crippen molar-refractivity contribution in [1.82, 2.24) is 0 Å². The van der Waals surface area contributed by atoms with Crippen molar-refractivity contribution < 1.29 is 93.6 Å². The Kier molecular flexibility index (Phi) is 11.0. The summed E-state index contributed by atoms with van der Waals surface area (Å²) in [5.74, 6) is 0. The van der Waals surface area contributed by atoms with Crippen LogP contribution in [-0.2, 0) is 32.8 Å². The molecule has 3 rings (SSSR count). The number of hydrogen-bond donors (Lipinski definition) is 12. The predicted octanol–water partition coefficient (Wildman–Crippen LogP) is -7.46. The van der Waals surface area contributed by atoms with Gasteiger partial charge in [-0.3, -0.25) is 4.52 Å². The molecular weight excluding hydrogens is 551 g/mol. The summed E-state index contributed by atoms with van der Waals surface area (Å²) in [5.41, 5.74) is 0. The molecule has 19 nitrogen and oxygen atoms in total. The van der Waals surface area contributed by atoms with Gasteiger partial charge >= 0.3 is 7.82 Å². The third-order valence-corrected chi connectivity index (χ3v) is 6.81. The van der Waals surface area contributed by atoms with Gasteiger partial charge in [-0.25, -0.2) is 4.57 Å². The zero-order valence-electron chi connectivity index (χ0n) is 19.5. The second-order valence-electron chi connectivity index (χ2n) is 8.94. The predicted molar refractivity (Wildman–Crippen MR) is 112 cm³/mol.